The van der Waals surface area contributed by atoms with E-state index in [1.807, 2.05) is 13.8 Å². The molecule has 3 N–H and O–H groups in total. The van der Waals surface area contributed by atoms with E-state index in [0.717, 1.165) is 0 Å². The quantitative estimate of drug-likeness (QED) is 0.753. The summed E-state index contributed by atoms with van der Waals surface area (Å²) >= 11 is 0. The van der Waals surface area contributed by atoms with Crippen molar-refractivity contribution in [3.8, 4) is 0 Å². The third kappa shape index (κ3) is 4.03. The molecule has 1 rings (SSSR count). The second kappa shape index (κ2) is 6.20. The van der Waals surface area contributed by atoms with Gasteiger partial charge in [0.2, 0.25) is 0 Å². The average molecular weight is 240 g/mol. The summed E-state index contributed by atoms with van der Waals surface area (Å²) in [5, 5.41) is 14.0. The Morgan fingerprint density at radius 3 is 2.59 bits per heavy atom. The molecule has 0 saturated heterocycles. The highest BCUT2D eigenvalue weighted by Crippen LogP contribution is 2.12. The lowest BCUT2D eigenvalue weighted by atomic mass is 10.1. The van der Waals surface area contributed by atoms with Crippen LogP contribution < -0.4 is 10.6 Å². The zero-order valence-electron chi connectivity index (χ0n) is 9.90. The molecule has 2 amide bonds. The number of benzene rings is 1. The molecular formula is C12H17FN2O2. The molecule has 1 aromatic rings. The summed E-state index contributed by atoms with van der Waals surface area (Å²) in [5.74, 6) is -0.390. The van der Waals surface area contributed by atoms with Gasteiger partial charge in [-0.25, -0.2) is 9.18 Å². The fourth-order valence-electron chi connectivity index (χ4n) is 1.31. The number of hydrogen-bond acceptors (Lipinski definition) is 2. The Balaban J connectivity index is 2.58. The molecule has 0 aliphatic carbocycles. The summed E-state index contributed by atoms with van der Waals surface area (Å²) in [4.78, 5) is 11.5. The second-order valence-corrected chi connectivity index (χ2v) is 4.11. The molecule has 0 aliphatic heterocycles. The van der Waals surface area contributed by atoms with E-state index in [2.05, 4.69) is 10.6 Å². The smallest absolute Gasteiger partial charge is 0.319 e. The molecule has 1 aromatic carbocycles. The number of carbonyl (C=O) groups is 1. The van der Waals surface area contributed by atoms with Crippen LogP contribution in [0.5, 0.6) is 0 Å². The summed E-state index contributed by atoms with van der Waals surface area (Å²) in [6.07, 6.45) is 0. The first-order chi connectivity index (χ1) is 8.04. The summed E-state index contributed by atoms with van der Waals surface area (Å²) in [6, 6.07) is 5.04. The molecule has 5 heteroatoms. The highest BCUT2D eigenvalue weighted by Gasteiger charge is 2.15. The van der Waals surface area contributed by atoms with Crippen LogP contribution in [0, 0.1) is 11.7 Å². The lowest BCUT2D eigenvalue weighted by Crippen LogP contribution is -2.43. The van der Waals surface area contributed by atoms with Gasteiger partial charge in [-0.05, 0) is 18.1 Å². The van der Waals surface area contributed by atoms with Crippen LogP contribution in [-0.2, 0) is 0 Å². The minimum atomic E-state index is -0.525. The monoisotopic (exact) mass is 240 g/mol. The molecular weight excluding hydrogens is 223 g/mol. The average Bonchev–Trinajstić information content (AvgIpc) is 2.28. The van der Waals surface area contributed by atoms with Crippen molar-refractivity contribution in [1.29, 1.82) is 0 Å². The van der Waals surface area contributed by atoms with Crippen molar-refractivity contribution < 1.29 is 14.3 Å². The van der Waals surface area contributed by atoms with E-state index >= 15 is 0 Å². The zero-order valence-corrected chi connectivity index (χ0v) is 9.90. The molecule has 0 fully saturated rings. The highest BCUT2D eigenvalue weighted by molar-refractivity contribution is 5.89. The first-order valence-corrected chi connectivity index (χ1v) is 5.47. The highest BCUT2D eigenvalue weighted by atomic mass is 19.1. The summed E-state index contributed by atoms with van der Waals surface area (Å²) in [6.45, 7) is 3.61. The topological polar surface area (TPSA) is 61.4 Å². The van der Waals surface area contributed by atoms with Crippen LogP contribution in [0.2, 0.25) is 0 Å². The van der Waals surface area contributed by atoms with Crippen molar-refractivity contribution in [3.05, 3.63) is 30.1 Å². The van der Waals surface area contributed by atoms with Crippen molar-refractivity contribution in [2.75, 3.05) is 11.9 Å². The third-order valence-electron chi connectivity index (χ3n) is 2.44. The lowest BCUT2D eigenvalue weighted by Gasteiger charge is -2.20. The number of anilines is 1. The molecule has 0 bridgehead atoms. The number of nitrogens with one attached hydrogen (secondary N) is 2. The van der Waals surface area contributed by atoms with Crippen LogP contribution in [0.3, 0.4) is 0 Å². The maximum atomic E-state index is 13.2. The van der Waals surface area contributed by atoms with E-state index < -0.39 is 11.8 Å². The van der Waals surface area contributed by atoms with E-state index in [4.69, 9.17) is 5.11 Å². The second-order valence-electron chi connectivity index (χ2n) is 4.11. The van der Waals surface area contributed by atoms with Gasteiger partial charge in [-0.15, -0.1) is 0 Å². The Hall–Kier alpha value is -1.62. The van der Waals surface area contributed by atoms with Crippen molar-refractivity contribution in [2.45, 2.75) is 19.9 Å². The normalized spacial score (nSPS) is 12.3. The Morgan fingerprint density at radius 1 is 1.41 bits per heavy atom. The SMILES string of the molecule is CC(C)[C@@H](CO)NC(=O)Nc1ccccc1F. The molecule has 0 heterocycles. The van der Waals surface area contributed by atoms with Gasteiger partial charge in [-0.3, -0.25) is 0 Å². The van der Waals surface area contributed by atoms with E-state index in [1.165, 1.54) is 12.1 Å². The maximum Gasteiger partial charge on any atom is 0.319 e. The largest absolute Gasteiger partial charge is 0.394 e. The summed E-state index contributed by atoms with van der Waals surface area (Å²) < 4.78 is 13.2. The Labute approximate surface area is 99.8 Å². The van der Waals surface area contributed by atoms with E-state index in [0.29, 0.717) is 0 Å². The summed E-state index contributed by atoms with van der Waals surface area (Å²) in [5.41, 5.74) is 0.116. The Kier molecular flexibility index (Phi) is 4.90. The minimum absolute atomic E-state index is 0.103. The number of hydrogen-bond donors (Lipinski definition) is 3. The fourth-order valence-corrected chi connectivity index (χ4v) is 1.31. The predicted molar refractivity (Wildman–Crippen MR) is 64.3 cm³/mol. The Morgan fingerprint density at radius 2 is 2.06 bits per heavy atom. The van der Waals surface area contributed by atoms with Gasteiger partial charge in [0, 0.05) is 0 Å². The molecule has 0 unspecified atom stereocenters. The fraction of sp³-hybridized carbons (Fsp3) is 0.417. The molecule has 94 valence electrons. The number of aliphatic hydroxyl groups is 1. The van der Waals surface area contributed by atoms with Gasteiger partial charge in [0.1, 0.15) is 5.82 Å². The van der Waals surface area contributed by atoms with Gasteiger partial charge >= 0.3 is 6.03 Å². The molecule has 0 aromatic heterocycles. The van der Waals surface area contributed by atoms with Crippen molar-refractivity contribution in [3.63, 3.8) is 0 Å². The zero-order chi connectivity index (χ0) is 12.8. The maximum absolute atomic E-state index is 13.2. The number of carbonyl (C=O) groups excluding carboxylic acids is 1. The molecule has 0 saturated carbocycles. The molecule has 1 atom stereocenters. The lowest BCUT2D eigenvalue weighted by molar-refractivity contribution is 0.204. The number of para-hydroxylation sites is 1. The van der Waals surface area contributed by atoms with Crippen LogP contribution in [-0.4, -0.2) is 23.8 Å². The van der Waals surface area contributed by atoms with Gasteiger partial charge in [-0.2, -0.15) is 0 Å². The molecule has 0 radical (unpaired) electrons. The van der Waals surface area contributed by atoms with Gasteiger partial charge in [0.25, 0.3) is 0 Å². The van der Waals surface area contributed by atoms with Crippen LogP contribution in [0.1, 0.15) is 13.8 Å². The molecule has 0 spiro atoms. The molecule has 0 aliphatic rings. The minimum Gasteiger partial charge on any atom is -0.394 e. The van der Waals surface area contributed by atoms with Gasteiger partial charge in [0.05, 0.1) is 18.3 Å². The van der Waals surface area contributed by atoms with Crippen LogP contribution in [0.25, 0.3) is 0 Å². The van der Waals surface area contributed by atoms with E-state index in [1.54, 1.807) is 12.1 Å². The number of halogens is 1. The summed E-state index contributed by atoms with van der Waals surface area (Å²) in [7, 11) is 0. The predicted octanol–water partition coefficient (Wildman–Crippen LogP) is 1.96. The Bertz CT molecular complexity index is 383. The number of amides is 2. The van der Waals surface area contributed by atoms with Gasteiger partial charge in [0.15, 0.2) is 0 Å². The van der Waals surface area contributed by atoms with Crippen molar-refractivity contribution >= 4 is 11.7 Å². The van der Waals surface area contributed by atoms with Crippen molar-refractivity contribution in [2.24, 2.45) is 5.92 Å². The van der Waals surface area contributed by atoms with Gasteiger partial charge in [-0.1, -0.05) is 26.0 Å². The van der Waals surface area contributed by atoms with Crippen LogP contribution >= 0.6 is 0 Å². The molecule has 17 heavy (non-hydrogen) atoms. The number of rotatable bonds is 4. The number of aliphatic hydroxyl groups excluding tert-OH is 1. The van der Waals surface area contributed by atoms with E-state index in [-0.39, 0.29) is 24.3 Å². The van der Waals surface area contributed by atoms with Crippen LogP contribution in [0.15, 0.2) is 24.3 Å². The van der Waals surface area contributed by atoms with Crippen LogP contribution in [0.4, 0.5) is 14.9 Å². The first-order valence-electron chi connectivity index (χ1n) is 5.47. The third-order valence-corrected chi connectivity index (χ3v) is 2.44. The van der Waals surface area contributed by atoms with Crippen molar-refractivity contribution in [1.82, 2.24) is 5.32 Å². The first kappa shape index (κ1) is 13.4. The standard InChI is InChI=1S/C12H17FN2O2/c1-8(2)11(7-16)15-12(17)14-10-6-4-3-5-9(10)13/h3-6,8,11,16H,7H2,1-2H3,(H2,14,15,17)/t11-/m1/s1. The molecule has 4 nitrogen and oxygen atoms in total. The van der Waals surface area contributed by atoms with E-state index in [9.17, 15) is 9.18 Å². The number of urea groups is 1. The van der Waals surface area contributed by atoms with Gasteiger partial charge < -0.3 is 15.7 Å².